The van der Waals surface area contributed by atoms with Crippen molar-refractivity contribution >= 4 is 21.8 Å². The predicted octanol–water partition coefficient (Wildman–Crippen LogP) is 3.79. The molecule has 1 amide bonds. The molecule has 0 atom stereocenters. The van der Waals surface area contributed by atoms with Gasteiger partial charge in [0, 0.05) is 18.1 Å². The molecular formula is C16H15BrFNO. The zero-order valence-corrected chi connectivity index (χ0v) is 12.7. The van der Waals surface area contributed by atoms with E-state index in [2.05, 4.69) is 15.9 Å². The van der Waals surface area contributed by atoms with Gasteiger partial charge in [-0.1, -0.05) is 52.3 Å². The number of hydrogen-bond acceptors (Lipinski definition) is 1. The summed E-state index contributed by atoms with van der Waals surface area (Å²) in [5, 5.41) is 0. The molecule has 0 fully saturated rings. The van der Waals surface area contributed by atoms with E-state index in [4.69, 9.17) is 0 Å². The monoisotopic (exact) mass is 335 g/mol. The maximum Gasteiger partial charge on any atom is 0.227 e. The third-order valence-corrected chi connectivity index (χ3v) is 3.86. The molecule has 0 aliphatic rings. The highest BCUT2D eigenvalue weighted by atomic mass is 79.9. The highest BCUT2D eigenvalue weighted by Crippen LogP contribution is 2.18. The van der Waals surface area contributed by atoms with Gasteiger partial charge in [0.1, 0.15) is 5.82 Å². The van der Waals surface area contributed by atoms with Crippen LogP contribution < -0.4 is 0 Å². The standard InChI is InChI=1S/C16H15BrFNO/c1-19(11-13-7-2-4-8-14(13)17)16(20)10-12-6-3-5-9-15(12)18/h2-9H,10-11H2,1H3. The number of nitrogens with zero attached hydrogens (tertiary/aromatic N) is 1. The molecule has 0 saturated heterocycles. The third kappa shape index (κ3) is 3.67. The van der Waals surface area contributed by atoms with Gasteiger partial charge < -0.3 is 4.90 Å². The van der Waals surface area contributed by atoms with E-state index in [1.807, 2.05) is 24.3 Å². The largest absolute Gasteiger partial charge is 0.341 e. The van der Waals surface area contributed by atoms with Gasteiger partial charge in [0.2, 0.25) is 5.91 Å². The summed E-state index contributed by atoms with van der Waals surface area (Å²) in [5.41, 5.74) is 1.45. The lowest BCUT2D eigenvalue weighted by Crippen LogP contribution is -2.28. The second-order valence-corrected chi connectivity index (χ2v) is 5.46. The van der Waals surface area contributed by atoms with Crippen molar-refractivity contribution in [1.82, 2.24) is 4.90 Å². The van der Waals surface area contributed by atoms with Gasteiger partial charge in [-0.05, 0) is 23.3 Å². The van der Waals surface area contributed by atoms with Crippen LogP contribution in [0.5, 0.6) is 0 Å². The first-order chi connectivity index (χ1) is 9.58. The molecule has 104 valence electrons. The summed E-state index contributed by atoms with van der Waals surface area (Å²) < 4.78 is 14.5. The predicted molar refractivity (Wildman–Crippen MR) is 80.7 cm³/mol. The Morgan fingerprint density at radius 1 is 1.10 bits per heavy atom. The van der Waals surface area contributed by atoms with Gasteiger partial charge in [-0.2, -0.15) is 0 Å². The van der Waals surface area contributed by atoms with Crippen LogP contribution in [-0.2, 0) is 17.8 Å². The number of amides is 1. The molecule has 20 heavy (non-hydrogen) atoms. The van der Waals surface area contributed by atoms with Crippen LogP contribution >= 0.6 is 15.9 Å². The Bertz CT molecular complexity index is 615. The van der Waals surface area contributed by atoms with Gasteiger partial charge in [-0.25, -0.2) is 4.39 Å². The van der Waals surface area contributed by atoms with Crippen LogP contribution in [0.15, 0.2) is 53.0 Å². The van der Waals surface area contributed by atoms with Crippen LogP contribution in [0.4, 0.5) is 4.39 Å². The molecule has 0 spiro atoms. The molecule has 4 heteroatoms. The Morgan fingerprint density at radius 3 is 2.35 bits per heavy atom. The van der Waals surface area contributed by atoms with Crippen molar-refractivity contribution < 1.29 is 9.18 Å². The van der Waals surface area contributed by atoms with Crippen molar-refractivity contribution in [3.8, 4) is 0 Å². The Kier molecular flexibility index (Phi) is 4.90. The Labute approximate surface area is 126 Å². The van der Waals surface area contributed by atoms with Gasteiger partial charge in [-0.3, -0.25) is 4.79 Å². The molecule has 2 aromatic carbocycles. The lowest BCUT2D eigenvalue weighted by molar-refractivity contribution is -0.129. The zero-order chi connectivity index (χ0) is 14.5. The topological polar surface area (TPSA) is 20.3 Å². The van der Waals surface area contributed by atoms with E-state index in [9.17, 15) is 9.18 Å². The average Bonchev–Trinajstić information content (AvgIpc) is 2.43. The summed E-state index contributed by atoms with van der Waals surface area (Å²) in [6.45, 7) is 0.495. The summed E-state index contributed by atoms with van der Waals surface area (Å²) in [6.07, 6.45) is 0.0770. The molecule has 2 rings (SSSR count). The van der Waals surface area contributed by atoms with Crippen molar-refractivity contribution in [3.63, 3.8) is 0 Å². The molecule has 0 N–H and O–H groups in total. The third-order valence-electron chi connectivity index (χ3n) is 3.09. The Morgan fingerprint density at radius 2 is 1.70 bits per heavy atom. The number of halogens is 2. The molecular weight excluding hydrogens is 321 g/mol. The fourth-order valence-electron chi connectivity index (χ4n) is 1.91. The van der Waals surface area contributed by atoms with Crippen molar-refractivity contribution in [3.05, 3.63) is 69.9 Å². The fourth-order valence-corrected chi connectivity index (χ4v) is 2.32. The number of likely N-dealkylation sites (N-methyl/N-ethyl adjacent to an activating group) is 1. The quantitative estimate of drug-likeness (QED) is 0.832. The molecule has 2 nitrogen and oxygen atoms in total. The number of rotatable bonds is 4. The minimum Gasteiger partial charge on any atom is -0.341 e. The lowest BCUT2D eigenvalue weighted by Gasteiger charge is -2.18. The first-order valence-corrected chi connectivity index (χ1v) is 7.08. The SMILES string of the molecule is CN(Cc1ccccc1Br)C(=O)Cc1ccccc1F. The van der Waals surface area contributed by atoms with E-state index >= 15 is 0 Å². The molecule has 0 radical (unpaired) electrons. The number of hydrogen-bond donors (Lipinski definition) is 0. The molecule has 0 saturated carbocycles. The second kappa shape index (κ2) is 6.66. The Balaban J connectivity index is 2.03. The zero-order valence-electron chi connectivity index (χ0n) is 11.1. The van der Waals surface area contributed by atoms with Crippen molar-refractivity contribution in [2.45, 2.75) is 13.0 Å². The second-order valence-electron chi connectivity index (χ2n) is 4.61. The Hall–Kier alpha value is -1.68. The number of carbonyl (C=O) groups excluding carboxylic acids is 1. The summed E-state index contributed by atoms with van der Waals surface area (Å²) >= 11 is 3.45. The van der Waals surface area contributed by atoms with Crippen molar-refractivity contribution in [1.29, 1.82) is 0 Å². The maximum atomic E-state index is 13.5. The lowest BCUT2D eigenvalue weighted by atomic mass is 10.1. The summed E-state index contributed by atoms with van der Waals surface area (Å²) in [6, 6.07) is 14.1. The minimum absolute atomic E-state index is 0.0770. The average molecular weight is 336 g/mol. The van der Waals surface area contributed by atoms with E-state index in [0.29, 0.717) is 12.1 Å². The van der Waals surface area contributed by atoms with Gasteiger partial charge >= 0.3 is 0 Å². The maximum absolute atomic E-state index is 13.5. The fraction of sp³-hybridized carbons (Fsp3) is 0.188. The molecule has 0 unspecified atom stereocenters. The van der Waals surface area contributed by atoms with E-state index in [1.165, 1.54) is 6.07 Å². The molecule has 0 aromatic heterocycles. The molecule has 0 aliphatic carbocycles. The highest BCUT2D eigenvalue weighted by molar-refractivity contribution is 9.10. The normalized spacial score (nSPS) is 10.3. The van der Waals surface area contributed by atoms with Gasteiger partial charge in [0.15, 0.2) is 0 Å². The van der Waals surface area contributed by atoms with E-state index in [-0.39, 0.29) is 18.1 Å². The van der Waals surface area contributed by atoms with Crippen LogP contribution in [0.2, 0.25) is 0 Å². The molecule has 0 heterocycles. The number of benzene rings is 2. The van der Waals surface area contributed by atoms with Crippen molar-refractivity contribution in [2.24, 2.45) is 0 Å². The number of carbonyl (C=O) groups is 1. The molecule has 2 aromatic rings. The highest BCUT2D eigenvalue weighted by Gasteiger charge is 2.13. The minimum atomic E-state index is -0.338. The smallest absolute Gasteiger partial charge is 0.227 e. The summed E-state index contributed by atoms with van der Waals surface area (Å²) in [7, 11) is 1.72. The summed E-state index contributed by atoms with van der Waals surface area (Å²) in [5.74, 6) is -0.444. The van der Waals surface area contributed by atoms with Gasteiger partial charge in [0.05, 0.1) is 6.42 Å². The van der Waals surface area contributed by atoms with Crippen LogP contribution in [0.25, 0.3) is 0 Å². The molecule has 0 bridgehead atoms. The van der Waals surface area contributed by atoms with Gasteiger partial charge in [0.25, 0.3) is 0 Å². The first kappa shape index (κ1) is 14.7. The molecule has 0 aliphatic heterocycles. The van der Waals surface area contributed by atoms with E-state index < -0.39 is 0 Å². The summed E-state index contributed by atoms with van der Waals surface area (Å²) in [4.78, 5) is 13.7. The van der Waals surface area contributed by atoms with E-state index in [1.54, 1.807) is 30.1 Å². The van der Waals surface area contributed by atoms with Crippen LogP contribution in [-0.4, -0.2) is 17.9 Å². The van der Waals surface area contributed by atoms with E-state index in [0.717, 1.165) is 10.0 Å². The van der Waals surface area contributed by atoms with Crippen molar-refractivity contribution in [2.75, 3.05) is 7.05 Å². The van der Waals surface area contributed by atoms with Crippen LogP contribution in [0, 0.1) is 5.82 Å². The van der Waals surface area contributed by atoms with Crippen LogP contribution in [0.1, 0.15) is 11.1 Å². The van der Waals surface area contributed by atoms with Gasteiger partial charge in [-0.15, -0.1) is 0 Å². The first-order valence-electron chi connectivity index (χ1n) is 6.28. The van der Waals surface area contributed by atoms with Crippen LogP contribution in [0.3, 0.4) is 0 Å².